The van der Waals surface area contributed by atoms with Gasteiger partial charge in [0.15, 0.2) is 11.5 Å². The summed E-state index contributed by atoms with van der Waals surface area (Å²) in [5, 5.41) is 10.4. The minimum Gasteiger partial charge on any atom is -0.497 e. The molecule has 6 nitrogen and oxygen atoms in total. The zero-order chi connectivity index (χ0) is 20.4. The lowest BCUT2D eigenvalue weighted by Gasteiger charge is -2.25. The smallest absolute Gasteiger partial charge is 0.161 e. The summed E-state index contributed by atoms with van der Waals surface area (Å²) in [4.78, 5) is 2.21. The fourth-order valence-electron chi connectivity index (χ4n) is 3.00. The highest BCUT2D eigenvalue weighted by molar-refractivity contribution is 5.42. The molecule has 2 rings (SSSR count). The molecule has 0 aromatic heterocycles. The Balaban J connectivity index is 1.91. The number of ether oxygens (including phenoxy) is 4. The predicted molar refractivity (Wildman–Crippen MR) is 110 cm³/mol. The maximum atomic E-state index is 10.4. The van der Waals surface area contributed by atoms with Crippen molar-refractivity contribution in [2.75, 3.05) is 41.0 Å². The molecule has 0 aliphatic carbocycles. The fraction of sp³-hybridized carbons (Fsp3) is 0.455. The summed E-state index contributed by atoms with van der Waals surface area (Å²) in [6.45, 7) is 4.49. The number of nitrogens with zero attached hydrogens (tertiary/aromatic N) is 1. The third-order valence-electron chi connectivity index (χ3n) is 4.36. The normalized spacial score (nSPS) is 11.9. The van der Waals surface area contributed by atoms with E-state index in [1.165, 1.54) is 0 Å². The van der Waals surface area contributed by atoms with Crippen molar-refractivity contribution in [2.24, 2.45) is 0 Å². The van der Waals surface area contributed by atoms with Crippen LogP contribution in [0, 0.1) is 0 Å². The second-order valence-corrected chi connectivity index (χ2v) is 6.56. The first-order valence-corrected chi connectivity index (χ1v) is 9.47. The van der Waals surface area contributed by atoms with Crippen LogP contribution in [0.15, 0.2) is 42.5 Å². The van der Waals surface area contributed by atoms with E-state index >= 15 is 0 Å². The Morgan fingerprint density at radius 2 is 1.57 bits per heavy atom. The van der Waals surface area contributed by atoms with Gasteiger partial charge in [-0.05, 0) is 54.9 Å². The highest BCUT2D eigenvalue weighted by Crippen LogP contribution is 2.28. The van der Waals surface area contributed by atoms with Crippen LogP contribution in [-0.2, 0) is 6.54 Å². The molecule has 28 heavy (non-hydrogen) atoms. The lowest BCUT2D eigenvalue weighted by molar-refractivity contribution is 0.0655. The summed E-state index contributed by atoms with van der Waals surface area (Å²) in [6.07, 6.45) is 0.410. The monoisotopic (exact) mass is 389 g/mol. The summed E-state index contributed by atoms with van der Waals surface area (Å²) in [5.74, 6) is 2.90. The van der Waals surface area contributed by atoms with Crippen molar-refractivity contribution in [3.63, 3.8) is 0 Å². The van der Waals surface area contributed by atoms with Crippen LogP contribution in [0.5, 0.6) is 23.0 Å². The van der Waals surface area contributed by atoms with Crippen LogP contribution in [0.3, 0.4) is 0 Å². The van der Waals surface area contributed by atoms with Gasteiger partial charge in [-0.3, -0.25) is 4.90 Å². The first-order chi connectivity index (χ1) is 13.6. The van der Waals surface area contributed by atoms with E-state index in [1.54, 1.807) is 21.3 Å². The summed E-state index contributed by atoms with van der Waals surface area (Å²) in [7, 11) is 4.88. The van der Waals surface area contributed by atoms with Gasteiger partial charge in [0.05, 0.1) is 21.3 Å². The summed E-state index contributed by atoms with van der Waals surface area (Å²) in [5.41, 5.74) is 1.11. The first kappa shape index (κ1) is 21.9. The van der Waals surface area contributed by atoms with Crippen molar-refractivity contribution in [1.82, 2.24) is 4.90 Å². The van der Waals surface area contributed by atoms with Crippen molar-refractivity contribution in [3.8, 4) is 23.0 Å². The van der Waals surface area contributed by atoms with E-state index in [1.807, 2.05) is 42.5 Å². The number of aliphatic hydroxyl groups excluding tert-OH is 1. The van der Waals surface area contributed by atoms with Crippen LogP contribution < -0.4 is 18.9 Å². The van der Waals surface area contributed by atoms with Gasteiger partial charge in [0.1, 0.15) is 24.2 Å². The average molecular weight is 389 g/mol. The lowest BCUT2D eigenvalue weighted by Crippen LogP contribution is -2.35. The Morgan fingerprint density at radius 3 is 2.18 bits per heavy atom. The van der Waals surface area contributed by atoms with Crippen molar-refractivity contribution >= 4 is 0 Å². The minimum absolute atomic E-state index is 0.235. The molecule has 0 fully saturated rings. The van der Waals surface area contributed by atoms with Crippen LogP contribution >= 0.6 is 0 Å². The minimum atomic E-state index is -0.589. The van der Waals surface area contributed by atoms with Crippen LogP contribution in [0.1, 0.15) is 18.9 Å². The van der Waals surface area contributed by atoms with E-state index in [4.69, 9.17) is 18.9 Å². The molecule has 0 radical (unpaired) electrons. The molecular formula is C22H31NO5. The summed E-state index contributed by atoms with van der Waals surface area (Å²) < 4.78 is 21.5. The van der Waals surface area contributed by atoms with E-state index in [2.05, 4.69) is 11.8 Å². The van der Waals surface area contributed by atoms with Crippen molar-refractivity contribution in [1.29, 1.82) is 0 Å². The topological polar surface area (TPSA) is 60.4 Å². The van der Waals surface area contributed by atoms with E-state index in [-0.39, 0.29) is 6.61 Å². The van der Waals surface area contributed by atoms with Gasteiger partial charge >= 0.3 is 0 Å². The molecule has 0 saturated carbocycles. The Kier molecular flexibility index (Phi) is 8.91. The summed E-state index contributed by atoms with van der Waals surface area (Å²) >= 11 is 0. The van der Waals surface area contributed by atoms with Crippen molar-refractivity contribution in [3.05, 3.63) is 48.0 Å². The van der Waals surface area contributed by atoms with Crippen molar-refractivity contribution < 1.29 is 24.1 Å². The highest BCUT2D eigenvalue weighted by atomic mass is 16.5. The molecule has 6 heteroatoms. The quantitative estimate of drug-likeness (QED) is 0.601. The van der Waals surface area contributed by atoms with Gasteiger partial charge < -0.3 is 24.1 Å². The molecule has 2 aromatic carbocycles. The van der Waals surface area contributed by atoms with E-state index < -0.39 is 6.10 Å². The second-order valence-electron chi connectivity index (χ2n) is 6.56. The average Bonchev–Trinajstić information content (AvgIpc) is 2.72. The van der Waals surface area contributed by atoms with Crippen LogP contribution in [-0.4, -0.2) is 57.1 Å². The molecule has 0 amide bonds. The Labute approximate surface area is 167 Å². The number of rotatable bonds is 12. The lowest BCUT2D eigenvalue weighted by atomic mass is 10.1. The first-order valence-electron chi connectivity index (χ1n) is 9.47. The zero-order valence-corrected chi connectivity index (χ0v) is 17.2. The SMILES string of the molecule is CCCN(Cc1ccc(OC)c(OC)c1)C[C@H](O)COc1ccc(OC)cc1. The highest BCUT2D eigenvalue weighted by Gasteiger charge is 2.14. The largest absolute Gasteiger partial charge is 0.497 e. The van der Waals surface area contributed by atoms with Crippen molar-refractivity contribution in [2.45, 2.75) is 26.0 Å². The maximum Gasteiger partial charge on any atom is 0.161 e. The molecule has 0 bridgehead atoms. The molecule has 0 saturated heterocycles. The van der Waals surface area contributed by atoms with Gasteiger partial charge in [-0.15, -0.1) is 0 Å². The van der Waals surface area contributed by atoms with Crippen LogP contribution in [0.2, 0.25) is 0 Å². The maximum absolute atomic E-state index is 10.4. The van der Waals surface area contributed by atoms with Gasteiger partial charge in [-0.1, -0.05) is 13.0 Å². The third kappa shape index (κ3) is 6.62. The standard InChI is InChI=1S/C22H31NO5/c1-5-12-23(14-17-6-11-21(26-3)22(13-17)27-4)15-18(24)16-28-20-9-7-19(25-2)8-10-20/h6-11,13,18,24H,5,12,14-16H2,1-4H3/t18-/m0/s1. The number of hydrogen-bond acceptors (Lipinski definition) is 6. The Hall–Kier alpha value is -2.44. The predicted octanol–water partition coefficient (Wildman–Crippen LogP) is 3.36. The zero-order valence-electron chi connectivity index (χ0n) is 17.2. The van der Waals surface area contributed by atoms with Gasteiger partial charge in [0, 0.05) is 13.1 Å². The van der Waals surface area contributed by atoms with Gasteiger partial charge in [0.2, 0.25) is 0 Å². The molecule has 1 N–H and O–H groups in total. The molecule has 2 aromatic rings. The molecule has 0 unspecified atom stereocenters. The number of hydrogen-bond donors (Lipinski definition) is 1. The van der Waals surface area contributed by atoms with Gasteiger partial charge in [-0.2, -0.15) is 0 Å². The van der Waals surface area contributed by atoms with E-state index in [9.17, 15) is 5.11 Å². The summed E-state index contributed by atoms with van der Waals surface area (Å²) in [6, 6.07) is 13.2. The number of methoxy groups -OCH3 is 3. The Bertz CT molecular complexity index is 705. The molecule has 1 atom stereocenters. The number of benzene rings is 2. The number of aliphatic hydroxyl groups is 1. The van der Waals surface area contributed by atoms with Crippen LogP contribution in [0.4, 0.5) is 0 Å². The molecular weight excluding hydrogens is 358 g/mol. The Morgan fingerprint density at radius 1 is 0.893 bits per heavy atom. The third-order valence-corrected chi connectivity index (χ3v) is 4.36. The molecule has 0 heterocycles. The fourth-order valence-corrected chi connectivity index (χ4v) is 3.00. The molecule has 0 aliphatic heterocycles. The van der Waals surface area contributed by atoms with Gasteiger partial charge in [0.25, 0.3) is 0 Å². The van der Waals surface area contributed by atoms with E-state index in [0.29, 0.717) is 30.3 Å². The van der Waals surface area contributed by atoms with Crippen LogP contribution in [0.25, 0.3) is 0 Å². The molecule has 0 spiro atoms. The van der Waals surface area contributed by atoms with Gasteiger partial charge in [-0.25, -0.2) is 0 Å². The van der Waals surface area contributed by atoms with E-state index in [0.717, 1.165) is 24.3 Å². The molecule has 0 aliphatic rings. The molecule has 154 valence electrons. The second kappa shape index (κ2) is 11.4.